The van der Waals surface area contributed by atoms with Gasteiger partial charge in [-0.25, -0.2) is 0 Å². The number of aliphatic hydroxyl groups excluding tert-OH is 1. The molecule has 0 aliphatic heterocycles. The van der Waals surface area contributed by atoms with Crippen LogP contribution in [0.2, 0.25) is 0 Å². The van der Waals surface area contributed by atoms with Crippen molar-refractivity contribution in [3.8, 4) is 0 Å². The molecule has 2 nitrogen and oxygen atoms in total. The fourth-order valence-corrected chi connectivity index (χ4v) is 2.81. The van der Waals surface area contributed by atoms with Gasteiger partial charge in [-0.2, -0.15) is 0 Å². The summed E-state index contributed by atoms with van der Waals surface area (Å²) in [6.45, 7) is 4.29. The third kappa shape index (κ3) is 2.60. The minimum absolute atomic E-state index is 0.153. The summed E-state index contributed by atoms with van der Waals surface area (Å²) in [4.78, 5) is 0. The van der Waals surface area contributed by atoms with Gasteiger partial charge in [0, 0.05) is 11.0 Å². The molecule has 18 heavy (non-hydrogen) atoms. The zero-order chi connectivity index (χ0) is 13.2. The van der Waals surface area contributed by atoms with Crippen molar-refractivity contribution < 1.29 is 5.11 Å². The fraction of sp³-hybridized carbons (Fsp3) is 0.625. The molecular formula is C16H25NO. The smallest absolute Gasteiger partial charge is 0.0522 e. The van der Waals surface area contributed by atoms with E-state index >= 15 is 0 Å². The summed E-state index contributed by atoms with van der Waals surface area (Å²) in [7, 11) is 0. The van der Waals surface area contributed by atoms with Crippen LogP contribution < -0.4 is 5.73 Å². The van der Waals surface area contributed by atoms with E-state index in [0.29, 0.717) is 0 Å². The topological polar surface area (TPSA) is 46.2 Å². The molecule has 1 fully saturated rings. The van der Waals surface area contributed by atoms with Crippen LogP contribution in [0.4, 0.5) is 0 Å². The van der Waals surface area contributed by atoms with Crippen LogP contribution in [0.25, 0.3) is 0 Å². The second kappa shape index (κ2) is 5.02. The highest BCUT2D eigenvalue weighted by Gasteiger charge is 2.30. The van der Waals surface area contributed by atoms with Crippen molar-refractivity contribution in [3.63, 3.8) is 0 Å². The maximum Gasteiger partial charge on any atom is 0.0522 e. The highest BCUT2D eigenvalue weighted by Crippen LogP contribution is 2.36. The van der Waals surface area contributed by atoms with E-state index in [0.717, 1.165) is 12.8 Å². The molecule has 1 aromatic rings. The number of hydrogen-bond donors (Lipinski definition) is 2. The van der Waals surface area contributed by atoms with Crippen LogP contribution in [-0.4, -0.2) is 11.7 Å². The fourth-order valence-electron chi connectivity index (χ4n) is 2.81. The summed E-state index contributed by atoms with van der Waals surface area (Å²) in [5.41, 5.74) is 8.64. The van der Waals surface area contributed by atoms with Crippen molar-refractivity contribution in [1.29, 1.82) is 0 Å². The lowest BCUT2D eigenvalue weighted by Gasteiger charge is -2.35. The summed E-state index contributed by atoms with van der Waals surface area (Å²) in [6, 6.07) is 8.50. The monoisotopic (exact) mass is 247 g/mol. The van der Waals surface area contributed by atoms with Gasteiger partial charge < -0.3 is 10.8 Å². The van der Waals surface area contributed by atoms with E-state index in [1.807, 2.05) is 0 Å². The van der Waals surface area contributed by atoms with E-state index in [4.69, 9.17) is 5.73 Å². The number of aliphatic hydroxyl groups is 1. The van der Waals surface area contributed by atoms with E-state index in [9.17, 15) is 5.11 Å². The van der Waals surface area contributed by atoms with Gasteiger partial charge in [0.05, 0.1) is 6.61 Å². The number of hydrogen-bond acceptors (Lipinski definition) is 2. The van der Waals surface area contributed by atoms with Crippen molar-refractivity contribution in [2.24, 2.45) is 5.73 Å². The number of nitrogens with two attached hydrogens (primary N) is 1. The lowest BCUT2D eigenvalue weighted by molar-refractivity contribution is 0.218. The van der Waals surface area contributed by atoms with Crippen LogP contribution in [0, 0.1) is 0 Å². The molecule has 1 aliphatic carbocycles. The van der Waals surface area contributed by atoms with E-state index in [-0.39, 0.29) is 17.6 Å². The zero-order valence-electron chi connectivity index (χ0n) is 11.6. The van der Waals surface area contributed by atoms with Gasteiger partial charge >= 0.3 is 0 Å². The Hall–Kier alpha value is -0.860. The molecule has 0 spiro atoms. The van der Waals surface area contributed by atoms with Crippen LogP contribution in [0.15, 0.2) is 24.3 Å². The van der Waals surface area contributed by atoms with Crippen molar-refractivity contribution >= 4 is 0 Å². The largest absolute Gasteiger partial charge is 0.395 e. The molecule has 100 valence electrons. The highest BCUT2D eigenvalue weighted by molar-refractivity contribution is 5.33. The molecule has 0 saturated heterocycles. The molecule has 1 saturated carbocycles. The van der Waals surface area contributed by atoms with E-state index in [1.54, 1.807) is 0 Å². The molecule has 0 heterocycles. The Morgan fingerprint density at radius 3 is 2.50 bits per heavy atom. The van der Waals surface area contributed by atoms with E-state index in [1.165, 1.54) is 30.4 Å². The SMILES string of the molecule is CC(C)(CO)c1cccc(C2(N)CCCCC2)c1. The molecule has 2 rings (SSSR count). The van der Waals surface area contributed by atoms with Gasteiger partial charge in [-0.1, -0.05) is 57.4 Å². The minimum Gasteiger partial charge on any atom is -0.395 e. The van der Waals surface area contributed by atoms with Crippen molar-refractivity contribution in [1.82, 2.24) is 0 Å². The highest BCUT2D eigenvalue weighted by atomic mass is 16.3. The first-order valence-corrected chi connectivity index (χ1v) is 6.99. The van der Waals surface area contributed by atoms with Gasteiger partial charge in [-0.15, -0.1) is 0 Å². The second-order valence-electron chi connectivity index (χ2n) is 6.34. The molecule has 0 amide bonds. The van der Waals surface area contributed by atoms with Crippen LogP contribution in [-0.2, 0) is 11.0 Å². The van der Waals surface area contributed by atoms with E-state index in [2.05, 4.69) is 38.1 Å². The third-order valence-corrected chi connectivity index (χ3v) is 4.36. The van der Waals surface area contributed by atoms with Crippen LogP contribution >= 0.6 is 0 Å². The Bertz CT molecular complexity index is 405. The van der Waals surface area contributed by atoms with Crippen LogP contribution in [0.5, 0.6) is 0 Å². The first-order valence-electron chi connectivity index (χ1n) is 6.99. The van der Waals surface area contributed by atoms with Crippen molar-refractivity contribution in [2.45, 2.75) is 56.9 Å². The van der Waals surface area contributed by atoms with E-state index < -0.39 is 0 Å². The average Bonchev–Trinajstić information content (AvgIpc) is 2.40. The molecule has 0 bridgehead atoms. The Balaban J connectivity index is 2.32. The number of benzene rings is 1. The lowest BCUT2D eigenvalue weighted by atomic mass is 9.75. The zero-order valence-corrected chi connectivity index (χ0v) is 11.6. The molecule has 1 aliphatic rings. The van der Waals surface area contributed by atoms with Crippen molar-refractivity contribution in [2.75, 3.05) is 6.61 Å². The predicted octanol–water partition coefficient (Wildman–Crippen LogP) is 3.07. The van der Waals surface area contributed by atoms with Gasteiger partial charge in [0.1, 0.15) is 0 Å². The molecular weight excluding hydrogens is 222 g/mol. The standard InChI is InChI=1S/C16H25NO/c1-15(2,12-18)13-7-6-8-14(11-13)16(17)9-4-3-5-10-16/h6-8,11,18H,3-5,9-10,12,17H2,1-2H3. The normalized spacial score (nSPS) is 19.8. The van der Waals surface area contributed by atoms with Crippen LogP contribution in [0.1, 0.15) is 57.1 Å². The lowest BCUT2D eigenvalue weighted by Crippen LogP contribution is -2.39. The van der Waals surface area contributed by atoms with Gasteiger partial charge in [-0.3, -0.25) is 0 Å². The summed E-state index contributed by atoms with van der Waals surface area (Å²) in [5.74, 6) is 0. The van der Waals surface area contributed by atoms with Crippen molar-refractivity contribution in [3.05, 3.63) is 35.4 Å². The minimum atomic E-state index is -0.193. The molecule has 3 N–H and O–H groups in total. The summed E-state index contributed by atoms with van der Waals surface area (Å²) in [5, 5.41) is 9.48. The molecule has 1 aromatic carbocycles. The average molecular weight is 247 g/mol. The maximum absolute atomic E-state index is 9.48. The summed E-state index contributed by atoms with van der Waals surface area (Å²) >= 11 is 0. The Morgan fingerprint density at radius 1 is 1.22 bits per heavy atom. The number of rotatable bonds is 3. The predicted molar refractivity (Wildman–Crippen MR) is 75.5 cm³/mol. The Kier molecular flexibility index (Phi) is 3.79. The van der Waals surface area contributed by atoms with Gasteiger partial charge in [0.2, 0.25) is 0 Å². The molecule has 0 aromatic heterocycles. The first kappa shape index (κ1) is 13.6. The summed E-state index contributed by atoms with van der Waals surface area (Å²) in [6.07, 6.45) is 5.92. The molecule has 0 radical (unpaired) electrons. The van der Waals surface area contributed by atoms with Gasteiger partial charge in [-0.05, 0) is 24.0 Å². The Labute approximate surface area is 110 Å². The Morgan fingerprint density at radius 2 is 1.89 bits per heavy atom. The van der Waals surface area contributed by atoms with Gasteiger partial charge in [0.15, 0.2) is 0 Å². The summed E-state index contributed by atoms with van der Waals surface area (Å²) < 4.78 is 0. The van der Waals surface area contributed by atoms with Gasteiger partial charge in [0.25, 0.3) is 0 Å². The molecule has 0 atom stereocenters. The molecule has 2 heteroatoms. The quantitative estimate of drug-likeness (QED) is 0.862. The third-order valence-electron chi connectivity index (χ3n) is 4.36. The second-order valence-corrected chi connectivity index (χ2v) is 6.34. The first-order chi connectivity index (χ1) is 8.48. The maximum atomic E-state index is 9.48. The van der Waals surface area contributed by atoms with Crippen LogP contribution in [0.3, 0.4) is 0 Å². The molecule has 0 unspecified atom stereocenters.